The standard InChI is InChI=1S/C32H18F8N4O2S2/c33-29(34,25(45)43-27-41-23(15-47-27)21-11-9-17-5-1-3-7-19(17)13-21)31(37,38)32(39,40)30(35,36)26(46)44-28-42-24(16-48-28)22-12-10-18-6-2-4-8-20(18)14-22/h1-16H,(H,41,43,45)(H,42,44,46). The van der Waals surface area contributed by atoms with Gasteiger partial charge in [-0.1, -0.05) is 72.8 Å². The maximum Gasteiger partial charge on any atom is 0.393 e. The lowest BCUT2D eigenvalue weighted by atomic mass is 9.97. The minimum atomic E-state index is -7.05. The number of rotatable bonds is 9. The lowest BCUT2D eigenvalue weighted by Gasteiger charge is -2.35. The Morgan fingerprint density at radius 2 is 0.875 bits per heavy atom. The zero-order valence-corrected chi connectivity index (χ0v) is 25.4. The number of halogens is 8. The number of alkyl halides is 8. The largest absolute Gasteiger partial charge is 0.393 e. The molecule has 2 heterocycles. The van der Waals surface area contributed by atoms with Gasteiger partial charge in [-0.3, -0.25) is 20.2 Å². The van der Waals surface area contributed by atoms with Crippen LogP contribution in [0.25, 0.3) is 44.1 Å². The van der Waals surface area contributed by atoms with Gasteiger partial charge in [-0.05, 0) is 33.7 Å². The van der Waals surface area contributed by atoms with Crippen LogP contribution in [0.2, 0.25) is 0 Å². The maximum absolute atomic E-state index is 14.7. The smallest absolute Gasteiger partial charge is 0.296 e. The van der Waals surface area contributed by atoms with E-state index in [0.29, 0.717) is 33.8 Å². The van der Waals surface area contributed by atoms with E-state index in [1.54, 1.807) is 72.8 Å². The Morgan fingerprint density at radius 1 is 0.521 bits per heavy atom. The van der Waals surface area contributed by atoms with Crippen molar-refractivity contribution in [3.05, 3.63) is 95.7 Å². The summed E-state index contributed by atoms with van der Waals surface area (Å²) in [5.41, 5.74) is 1.14. The maximum atomic E-state index is 14.7. The van der Waals surface area contributed by atoms with Crippen LogP contribution in [0, 0.1) is 0 Å². The molecule has 0 atom stereocenters. The van der Waals surface area contributed by atoms with Gasteiger partial charge in [0.25, 0.3) is 0 Å². The summed E-state index contributed by atoms with van der Waals surface area (Å²) in [6.07, 6.45) is 0. The monoisotopic (exact) mass is 706 g/mol. The van der Waals surface area contributed by atoms with E-state index >= 15 is 0 Å². The van der Waals surface area contributed by atoms with Crippen molar-refractivity contribution in [1.82, 2.24) is 9.97 Å². The first-order valence-electron chi connectivity index (χ1n) is 13.7. The fraction of sp³-hybridized carbons (Fsp3) is 0.125. The summed E-state index contributed by atoms with van der Waals surface area (Å²) < 4.78 is 117. The molecule has 6 aromatic rings. The van der Waals surface area contributed by atoms with Crippen LogP contribution >= 0.6 is 22.7 Å². The molecule has 0 spiro atoms. The molecule has 16 heteroatoms. The third kappa shape index (κ3) is 5.64. The zero-order chi connectivity index (χ0) is 34.5. The highest BCUT2D eigenvalue weighted by atomic mass is 32.1. The van der Waals surface area contributed by atoms with Crippen LogP contribution in [0.15, 0.2) is 95.7 Å². The highest BCUT2D eigenvalue weighted by Crippen LogP contribution is 2.53. The molecule has 48 heavy (non-hydrogen) atoms. The quantitative estimate of drug-likeness (QED) is 0.147. The normalized spacial score (nSPS) is 12.8. The molecule has 6 rings (SSSR count). The molecule has 2 N–H and O–H groups in total. The van der Waals surface area contributed by atoms with E-state index in [0.717, 1.165) is 21.5 Å². The van der Waals surface area contributed by atoms with Crippen LogP contribution in [-0.4, -0.2) is 45.5 Å². The average Bonchev–Trinajstić information content (AvgIpc) is 3.74. The van der Waals surface area contributed by atoms with Gasteiger partial charge >= 0.3 is 35.5 Å². The highest BCUT2D eigenvalue weighted by molar-refractivity contribution is 7.14. The van der Waals surface area contributed by atoms with Crippen molar-refractivity contribution in [2.75, 3.05) is 10.6 Å². The molecule has 0 fully saturated rings. The van der Waals surface area contributed by atoms with Crippen molar-refractivity contribution in [1.29, 1.82) is 0 Å². The Morgan fingerprint density at radius 3 is 1.25 bits per heavy atom. The Hall–Kier alpha value is -4.96. The molecule has 2 amide bonds. The highest BCUT2D eigenvalue weighted by Gasteiger charge is 2.84. The molecule has 0 aliphatic heterocycles. The predicted molar refractivity (Wildman–Crippen MR) is 167 cm³/mol. The molecule has 0 saturated carbocycles. The van der Waals surface area contributed by atoms with Crippen LogP contribution in [-0.2, 0) is 9.59 Å². The van der Waals surface area contributed by atoms with E-state index in [-0.39, 0.29) is 11.4 Å². The Bertz CT molecular complexity index is 2030. The molecule has 0 bridgehead atoms. The van der Waals surface area contributed by atoms with Crippen LogP contribution in [0.3, 0.4) is 0 Å². The summed E-state index contributed by atoms with van der Waals surface area (Å²) in [6.45, 7) is 0. The molecular formula is C32H18F8N4O2S2. The predicted octanol–water partition coefficient (Wildman–Crippen LogP) is 9.36. The van der Waals surface area contributed by atoms with E-state index in [1.165, 1.54) is 21.4 Å². The molecule has 2 aromatic heterocycles. The number of benzene rings is 4. The number of hydrogen-bond acceptors (Lipinski definition) is 6. The van der Waals surface area contributed by atoms with Crippen molar-refractivity contribution in [2.45, 2.75) is 23.7 Å². The number of hydrogen-bond donors (Lipinski definition) is 2. The molecule has 0 aliphatic rings. The second-order valence-corrected chi connectivity index (χ2v) is 12.1. The van der Waals surface area contributed by atoms with E-state index in [2.05, 4.69) is 9.97 Å². The third-order valence-electron chi connectivity index (χ3n) is 7.29. The van der Waals surface area contributed by atoms with Crippen molar-refractivity contribution < 1.29 is 44.7 Å². The summed E-state index contributed by atoms with van der Waals surface area (Å²) in [5, 5.41) is 6.98. The van der Waals surface area contributed by atoms with E-state index in [9.17, 15) is 44.7 Å². The van der Waals surface area contributed by atoms with E-state index < -0.39 is 45.8 Å². The summed E-state index contributed by atoms with van der Waals surface area (Å²) in [6, 6.07) is 24.3. The van der Waals surface area contributed by atoms with Gasteiger partial charge in [-0.25, -0.2) is 9.97 Å². The first-order chi connectivity index (χ1) is 22.6. The van der Waals surface area contributed by atoms with Crippen LogP contribution in [0.4, 0.5) is 45.4 Å². The zero-order valence-electron chi connectivity index (χ0n) is 23.8. The van der Waals surface area contributed by atoms with Gasteiger partial charge in [0.1, 0.15) is 0 Å². The van der Waals surface area contributed by atoms with Gasteiger partial charge in [0.05, 0.1) is 11.4 Å². The SMILES string of the molecule is O=C(Nc1nc(-c2ccc3ccccc3c2)cs1)C(F)(F)C(F)(F)C(F)(F)C(F)(F)C(=O)Nc1nc(-c2ccc3ccccc3c2)cs1. The van der Waals surface area contributed by atoms with E-state index in [4.69, 9.17) is 0 Å². The van der Waals surface area contributed by atoms with Gasteiger partial charge in [0.15, 0.2) is 10.3 Å². The van der Waals surface area contributed by atoms with Crippen molar-refractivity contribution >= 4 is 66.3 Å². The van der Waals surface area contributed by atoms with Gasteiger partial charge in [-0.2, -0.15) is 35.1 Å². The molecular weight excluding hydrogens is 688 g/mol. The van der Waals surface area contributed by atoms with Crippen molar-refractivity contribution in [3.63, 3.8) is 0 Å². The first kappa shape index (κ1) is 33.0. The lowest BCUT2D eigenvalue weighted by molar-refractivity contribution is -0.345. The molecule has 0 aliphatic carbocycles. The number of thiazole rings is 2. The van der Waals surface area contributed by atoms with Crippen LogP contribution < -0.4 is 10.6 Å². The Balaban J connectivity index is 1.17. The topological polar surface area (TPSA) is 84.0 Å². The Labute approximate surface area is 273 Å². The Kier molecular flexibility index (Phi) is 8.19. The molecule has 0 unspecified atom stereocenters. The minimum absolute atomic E-state index is 0.121. The lowest BCUT2D eigenvalue weighted by Crippen LogP contribution is -2.67. The van der Waals surface area contributed by atoms with Crippen LogP contribution in [0.5, 0.6) is 0 Å². The fourth-order valence-corrected chi connectivity index (χ4v) is 6.08. The first-order valence-corrected chi connectivity index (χ1v) is 15.4. The number of aromatic nitrogens is 2. The van der Waals surface area contributed by atoms with Gasteiger partial charge in [0.2, 0.25) is 0 Å². The van der Waals surface area contributed by atoms with Crippen molar-refractivity contribution in [3.8, 4) is 22.5 Å². The summed E-state index contributed by atoms with van der Waals surface area (Å²) in [4.78, 5) is 32.1. The summed E-state index contributed by atoms with van der Waals surface area (Å²) in [5.74, 6) is -33.0. The molecule has 4 aromatic carbocycles. The number of anilines is 2. The molecule has 0 saturated heterocycles. The molecule has 6 nitrogen and oxygen atoms in total. The number of carbonyl (C=O) groups is 2. The summed E-state index contributed by atoms with van der Waals surface area (Å²) in [7, 11) is 0. The fourth-order valence-electron chi connectivity index (χ4n) is 4.66. The van der Waals surface area contributed by atoms with Gasteiger partial charge in [0, 0.05) is 21.9 Å². The second kappa shape index (κ2) is 11.9. The van der Waals surface area contributed by atoms with Crippen molar-refractivity contribution in [2.24, 2.45) is 0 Å². The number of nitrogens with one attached hydrogen (secondary N) is 2. The number of fused-ring (bicyclic) bond motifs is 2. The third-order valence-corrected chi connectivity index (χ3v) is 8.81. The van der Waals surface area contributed by atoms with Gasteiger partial charge in [-0.15, -0.1) is 22.7 Å². The second-order valence-electron chi connectivity index (χ2n) is 10.4. The number of nitrogens with zero attached hydrogens (tertiary/aromatic N) is 2. The summed E-state index contributed by atoms with van der Waals surface area (Å²) >= 11 is 0.996. The van der Waals surface area contributed by atoms with Crippen LogP contribution in [0.1, 0.15) is 0 Å². The molecule has 246 valence electrons. The minimum Gasteiger partial charge on any atom is -0.296 e. The number of carbonyl (C=O) groups excluding carboxylic acids is 2. The van der Waals surface area contributed by atoms with Gasteiger partial charge < -0.3 is 0 Å². The molecule has 0 radical (unpaired) electrons. The van der Waals surface area contributed by atoms with E-state index in [1.807, 2.05) is 12.1 Å². The number of amides is 2. The average molecular weight is 707 g/mol.